The Labute approximate surface area is 66.7 Å². The molecule has 0 saturated heterocycles. The molecule has 0 aromatic heterocycles. The van der Waals surface area contributed by atoms with Crippen molar-refractivity contribution in [3.63, 3.8) is 0 Å². The molecule has 0 spiro atoms. The van der Waals surface area contributed by atoms with Gasteiger partial charge in [-0.25, -0.2) is 0 Å². The van der Waals surface area contributed by atoms with E-state index in [2.05, 4.69) is 6.58 Å². The fourth-order valence-electron chi connectivity index (χ4n) is 0.525. The van der Waals surface area contributed by atoms with Crippen molar-refractivity contribution < 1.29 is 13.2 Å². The molecule has 0 fully saturated rings. The highest BCUT2D eigenvalue weighted by atomic mass is 32.2. The summed E-state index contributed by atoms with van der Waals surface area (Å²) in [7, 11) is -2.43. The third-order valence-corrected chi connectivity index (χ3v) is 1.44. The molecule has 4 nitrogen and oxygen atoms in total. The normalized spacial score (nSPS) is 8.45. The minimum Gasteiger partial charge on any atom is -0.316 e. The van der Waals surface area contributed by atoms with Crippen molar-refractivity contribution in [2.45, 2.75) is 6.92 Å². The summed E-state index contributed by atoms with van der Waals surface area (Å²) in [6.45, 7) is 5.48. The van der Waals surface area contributed by atoms with Crippen molar-refractivity contribution in [3.05, 3.63) is 12.8 Å². The van der Waals surface area contributed by atoms with Crippen molar-refractivity contribution in [1.82, 2.24) is 4.90 Å². The average molecular weight is 175 g/mol. The maximum atomic E-state index is 10.8. The summed E-state index contributed by atoms with van der Waals surface area (Å²) in [5, 5.41) is 0.602. The van der Waals surface area contributed by atoms with Gasteiger partial charge in [0.25, 0.3) is 5.91 Å². The van der Waals surface area contributed by atoms with E-state index in [0.717, 1.165) is 0 Å². The van der Waals surface area contributed by atoms with Gasteiger partial charge in [-0.2, -0.15) is 8.42 Å². The second-order valence-corrected chi connectivity index (χ2v) is 2.44. The summed E-state index contributed by atoms with van der Waals surface area (Å²) in [5.74, 6) is -0.573. The molecule has 0 radical (unpaired) electrons. The molecule has 0 unspecified atom stereocenters. The second kappa shape index (κ2) is 4.68. The number of carbonyl (C=O) groups excluding carboxylic acids is 1. The molecular weight excluding hydrogens is 166 g/mol. The van der Waals surface area contributed by atoms with E-state index in [4.69, 9.17) is 0 Å². The quantitative estimate of drug-likeness (QED) is 0.551. The summed E-state index contributed by atoms with van der Waals surface area (Å²) in [6, 6.07) is 0. The minimum absolute atomic E-state index is 0.413. The number of rotatable bonds is 3. The topological polar surface area (TPSA) is 54.5 Å². The van der Waals surface area contributed by atoms with Gasteiger partial charge in [0.2, 0.25) is 10.3 Å². The van der Waals surface area contributed by atoms with Crippen LogP contribution in [0.5, 0.6) is 0 Å². The van der Waals surface area contributed by atoms with Gasteiger partial charge in [0.1, 0.15) is 5.37 Å². The molecule has 0 bridgehead atoms. The van der Waals surface area contributed by atoms with Crippen LogP contribution >= 0.6 is 0 Å². The standard InChI is InChI=1S/C6H9NO3S/c1-3-7(4-2)6(8)5-11(9)10/h3,5H,1,4H2,2H3. The third-order valence-electron chi connectivity index (χ3n) is 1.04. The largest absolute Gasteiger partial charge is 0.316 e. The smallest absolute Gasteiger partial charge is 0.265 e. The predicted octanol–water partition coefficient (Wildman–Crippen LogP) is -0.340. The molecule has 1 amide bonds. The first-order valence-corrected chi connectivity index (χ1v) is 4.11. The molecule has 0 saturated carbocycles. The van der Waals surface area contributed by atoms with Gasteiger partial charge in [0.05, 0.1) is 0 Å². The van der Waals surface area contributed by atoms with Gasteiger partial charge in [0.15, 0.2) is 0 Å². The van der Waals surface area contributed by atoms with E-state index in [9.17, 15) is 13.2 Å². The number of amides is 1. The van der Waals surface area contributed by atoms with E-state index in [1.807, 2.05) is 0 Å². The van der Waals surface area contributed by atoms with E-state index in [-0.39, 0.29) is 0 Å². The highest BCUT2D eigenvalue weighted by Crippen LogP contribution is 1.85. The van der Waals surface area contributed by atoms with E-state index < -0.39 is 16.2 Å². The molecule has 0 aliphatic heterocycles. The molecule has 0 rings (SSSR count). The summed E-state index contributed by atoms with van der Waals surface area (Å²) in [4.78, 5) is 12.0. The molecule has 0 N–H and O–H groups in total. The van der Waals surface area contributed by atoms with Crippen molar-refractivity contribution in [2.24, 2.45) is 0 Å². The zero-order valence-corrected chi connectivity index (χ0v) is 6.97. The molecular formula is C6H9NO3S. The Morgan fingerprint density at radius 2 is 2.18 bits per heavy atom. The lowest BCUT2D eigenvalue weighted by Crippen LogP contribution is -2.25. The van der Waals surface area contributed by atoms with Crippen molar-refractivity contribution in [1.29, 1.82) is 0 Å². The average Bonchev–Trinajstić information content (AvgIpc) is 1.88. The Morgan fingerprint density at radius 1 is 1.64 bits per heavy atom. The monoisotopic (exact) mass is 175 g/mol. The van der Waals surface area contributed by atoms with Crippen LogP contribution in [0.25, 0.3) is 0 Å². The summed E-state index contributed by atoms with van der Waals surface area (Å²) >= 11 is 0. The molecule has 0 atom stereocenters. The van der Waals surface area contributed by atoms with Gasteiger partial charge in [-0.3, -0.25) is 4.79 Å². The van der Waals surface area contributed by atoms with Gasteiger partial charge in [-0.1, -0.05) is 6.58 Å². The molecule has 11 heavy (non-hydrogen) atoms. The summed E-state index contributed by atoms with van der Waals surface area (Å²) < 4.78 is 20.0. The van der Waals surface area contributed by atoms with Crippen LogP contribution in [0.2, 0.25) is 0 Å². The van der Waals surface area contributed by atoms with Crippen LogP contribution in [0, 0.1) is 0 Å². The van der Waals surface area contributed by atoms with Gasteiger partial charge in [-0.05, 0) is 13.1 Å². The van der Waals surface area contributed by atoms with Crippen LogP contribution in [0.4, 0.5) is 0 Å². The molecule has 5 heteroatoms. The first-order valence-electron chi connectivity index (χ1n) is 2.98. The van der Waals surface area contributed by atoms with Gasteiger partial charge in [-0.15, -0.1) is 0 Å². The van der Waals surface area contributed by atoms with Crippen LogP contribution in [-0.2, 0) is 15.1 Å². The number of hydrogen-bond acceptors (Lipinski definition) is 3. The Hall–Kier alpha value is -1.10. The molecule has 0 aliphatic rings. The highest BCUT2D eigenvalue weighted by Gasteiger charge is 2.03. The fourth-order valence-corrected chi connectivity index (χ4v) is 0.825. The molecule has 0 aromatic carbocycles. The van der Waals surface area contributed by atoms with Crippen molar-refractivity contribution >= 4 is 21.6 Å². The molecule has 0 heterocycles. The van der Waals surface area contributed by atoms with Crippen LogP contribution in [0.15, 0.2) is 12.8 Å². The maximum absolute atomic E-state index is 10.8. The third kappa shape index (κ3) is 3.57. The Balaban J connectivity index is 4.47. The van der Waals surface area contributed by atoms with Gasteiger partial charge in [0, 0.05) is 6.54 Å². The van der Waals surface area contributed by atoms with Crippen LogP contribution in [0.3, 0.4) is 0 Å². The lowest BCUT2D eigenvalue weighted by molar-refractivity contribution is -0.120. The van der Waals surface area contributed by atoms with Crippen molar-refractivity contribution in [3.8, 4) is 0 Å². The summed E-state index contributed by atoms with van der Waals surface area (Å²) in [6.07, 6.45) is 1.28. The highest BCUT2D eigenvalue weighted by molar-refractivity contribution is 7.73. The first kappa shape index (κ1) is 9.90. The van der Waals surface area contributed by atoms with E-state index in [1.54, 1.807) is 6.92 Å². The lowest BCUT2D eigenvalue weighted by atomic mass is 10.5. The fraction of sp³-hybridized carbons (Fsp3) is 0.333. The summed E-state index contributed by atoms with van der Waals surface area (Å²) in [5.41, 5.74) is 0. The SMILES string of the molecule is C=CN(CC)C(=O)C=S(=O)=O. The van der Waals surface area contributed by atoms with E-state index in [1.165, 1.54) is 11.1 Å². The van der Waals surface area contributed by atoms with Crippen LogP contribution < -0.4 is 0 Å². The number of carbonyl (C=O) groups is 1. The lowest BCUT2D eigenvalue weighted by Gasteiger charge is -2.10. The van der Waals surface area contributed by atoms with Crippen LogP contribution in [-0.4, -0.2) is 31.1 Å². The van der Waals surface area contributed by atoms with Crippen molar-refractivity contribution in [2.75, 3.05) is 6.54 Å². The Kier molecular flexibility index (Phi) is 4.21. The zero-order valence-electron chi connectivity index (χ0n) is 6.15. The molecule has 0 aromatic rings. The first-order chi connectivity index (χ1) is 5.11. The Morgan fingerprint density at radius 3 is 2.45 bits per heavy atom. The van der Waals surface area contributed by atoms with E-state index >= 15 is 0 Å². The predicted molar refractivity (Wildman–Crippen MR) is 42.6 cm³/mol. The minimum atomic E-state index is -2.43. The zero-order chi connectivity index (χ0) is 8.85. The van der Waals surface area contributed by atoms with Crippen LogP contribution in [0.1, 0.15) is 6.92 Å². The van der Waals surface area contributed by atoms with Gasteiger partial charge < -0.3 is 4.90 Å². The number of hydrogen-bond donors (Lipinski definition) is 0. The van der Waals surface area contributed by atoms with E-state index in [0.29, 0.717) is 11.9 Å². The molecule has 0 aliphatic carbocycles. The second-order valence-electron chi connectivity index (χ2n) is 1.69. The maximum Gasteiger partial charge on any atom is 0.265 e. The number of nitrogens with zero attached hydrogens (tertiary/aromatic N) is 1. The molecule has 62 valence electrons. The Bertz CT molecular complexity index is 270. The van der Waals surface area contributed by atoms with Gasteiger partial charge >= 0.3 is 0 Å².